The Kier molecular flexibility index (Phi) is 8.28. The minimum atomic E-state index is -0.786. The lowest BCUT2D eigenvalue weighted by atomic mass is 9.96. The Morgan fingerprint density at radius 3 is 2.68 bits per heavy atom. The number of aliphatic carboxylic acids is 1. The molecule has 2 aliphatic heterocycles. The van der Waals surface area contributed by atoms with Crippen molar-refractivity contribution in [2.24, 2.45) is 0 Å². The molecule has 1 amide bonds. The van der Waals surface area contributed by atoms with Crippen LogP contribution in [0.5, 0.6) is 0 Å². The fourth-order valence-corrected chi connectivity index (χ4v) is 4.42. The van der Waals surface area contributed by atoms with E-state index in [1.807, 2.05) is 29.0 Å². The second kappa shape index (κ2) is 10.2. The van der Waals surface area contributed by atoms with Gasteiger partial charge in [0.25, 0.3) is 0 Å². The molecular formula is C21H32ClN3O3. The summed E-state index contributed by atoms with van der Waals surface area (Å²) < 4.78 is 0. The summed E-state index contributed by atoms with van der Waals surface area (Å²) in [7, 11) is 1.88. The summed E-state index contributed by atoms with van der Waals surface area (Å²) in [5.74, 6) is -0.612. The van der Waals surface area contributed by atoms with Gasteiger partial charge in [0.1, 0.15) is 0 Å². The number of hydrogen-bond donors (Lipinski definition) is 1. The van der Waals surface area contributed by atoms with Gasteiger partial charge in [0.15, 0.2) is 0 Å². The molecule has 2 aliphatic rings. The fraction of sp³-hybridized carbons (Fsp3) is 0.619. The molecule has 2 atom stereocenters. The van der Waals surface area contributed by atoms with Crippen LogP contribution in [0.4, 0.5) is 5.69 Å². The largest absolute Gasteiger partial charge is 0.480 e. The highest BCUT2D eigenvalue weighted by Gasteiger charge is 2.30. The Hall–Kier alpha value is -1.63. The van der Waals surface area contributed by atoms with E-state index < -0.39 is 5.97 Å². The van der Waals surface area contributed by atoms with E-state index in [4.69, 9.17) is 5.11 Å². The third-order valence-corrected chi connectivity index (χ3v) is 5.95. The maximum atomic E-state index is 13.1. The van der Waals surface area contributed by atoms with Crippen molar-refractivity contribution in [1.29, 1.82) is 0 Å². The minimum Gasteiger partial charge on any atom is -0.480 e. The zero-order valence-corrected chi connectivity index (χ0v) is 17.7. The van der Waals surface area contributed by atoms with Crippen LogP contribution in [0.2, 0.25) is 0 Å². The molecule has 0 radical (unpaired) electrons. The average Bonchev–Trinajstić information content (AvgIpc) is 2.86. The molecule has 0 saturated carbocycles. The summed E-state index contributed by atoms with van der Waals surface area (Å²) in [5, 5.41) is 9.00. The van der Waals surface area contributed by atoms with Crippen LogP contribution in [-0.4, -0.2) is 72.1 Å². The number of carboxylic acid groups (broad SMARTS) is 1. The van der Waals surface area contributed by atoms with E-state index in [0.717, 1.165) is 50.9 Å². The summed E-state index contributed by atoms with van der Waals surface area (Å²) in [6, 6.07) is 8.73. The molecule has 2 unspecified atom stereocenters. The van der Waals surface area contributed by atoms with Crippen molar-refractivity contribution in [2.45, 2.75) is 51.1 Å². The number of halogens is 1. The molecule has 7 heteroatoms. The third kappa shape index (κ3) is 5.46. The number of hydrogen-bond acceptors (Lipinski definition) is 4. The van der Waals surface area contributed by atoms with Crippen LogP contribution >= 0.6 is 12.4 Å². The van der Waals surface area contributed by atoms with Crippen molar-refractivity contribution < 1.29 is 14.7 Å². The number of aryl methyl sites for hydroxylation is 1. The Bertz CT molecular complexity index is 685. The van der Waals surface area contributed by atoms with Gasteiger partial charge in [0, 0.05) is 24.3 Å². The summed E-state index contributed by atoms with van der Waals surface area (Å²) in [6.07, 6.45) is 4.92. The lowest BCUT2D eigenvalue weighted by molar-refractivity contribution is -0.138. The number of fused-ring (bicyclic) bond motifs is 1. The minimum absolute atomic E-state index is 0. The summed E-state index contributed by atoms with van der Waals surface area (Å²) in [5.41, 5.74) is 2.32. The molecule has 1 aromatic carbocycles. The molecular weight excluding hydrogens is 378 g/mol. The molecule has 1 aromatic rings. The van der Waals surface area contributed by atoms with Crippen molar-refractivity contribution >= 4 is 30.0 Å². The van der Waals surface area contributed by atoms with E-state index in [1.165, 1.54) is 5.56 Å². The van der Waals surface area contributed by atoms with Crippen LogP contribution in [0, 0.1) is 0 Å². The van der Waals surface area contributed by atoms with E-state index in [2.05, 4.69) is 24.0 Å². The number of carbonyl (C=O) groups is 2. The van der Waals surface area contributed by atoms with Crippen molar-refractivity contribution in [2.75, 3.05) is 38.1 Å². The van der Waals surface area contributed by atoms with Gasteiger partial charge in [-0.05, 0) is 64.3 Å². The topological polar surface area (TPSA) is 64.1 Å². The first-order valence-electron chi connectivity index (χ1n) is 10.00. The molecule has 1 fully saturated rings. The van der Waals surface area contributed by atoms with Gasteiger partial charge < -0.3 is 10.0 Å². The number of carbonyl (C=O) groups excluding carboxylic acids is 1. The zero-order chi connectivity index (χ0) is 19.4. The number of amides is 1. The number of rotatable bonds is 5. The Balaban J connectivity index is 0.00000280. The quantitative estimate of drug-likeness (QED) is 0.809. The maximum Gasteiger partial charge on any atom is 0.317 e. The first-order chi connectivity index (χ1) is 13.0. The first kappa shape index (κ1) is 22.7. The molecule has 6 nitrogen and oxygen atoms in total. The van der Waals surface area contributed by atoms with Crippen LogP contribution in [0.25, 0.3) is 0 Å². The van der Waals surface area contributed by atoms with Crippen molar-refractivity contribution in [3.05, 3.63) is 29.8 Å². The molecule has 3 rings (SSSR count). The van der Waals surface area contributed by atoms with Crippen molar-refractivity contribution in [1.82, 2.24) is 9.80 Å². The van der Waals surface area contributed by atoms with Gasteiger partial charge in [0.05, 0.1) is 13.1 Å². The molecule has 0 spiro atoms. The number of anilines is 1. The van der Waals surface area contributed by atoms with Gasteiger partial charge in [0.2, 0.25) is 5.91 Å². The molecule has 2 heterocycles. The monoisotopic (exact) mass is 409 g/mol. The maximum absolute atomic E-state index is 13.1. The molecule has 1 N–H and O–H groups in total. The Labute approximate surface area is 173 Å². The second-order valence-electron chi connectivity index (χ2n) is 7.95. The number of para-hydroxylation sites is 1. The number of nitrogens with zero attached hydrogens (tertiary/aromatic N) is 3. The fourth-order valence-electron chi connectivity index (χ4n) is 4.42. The molecule has 156 valence electrons. The number of benzene rings is 1. The third-order valence-electron chi connectivity index (χ3n) is 5.95. The molecule has 0 aromatic heterocycles. The second-order valence-corrected chi connectivity index (χ2v) is 7.95. The normalized spacial score (nSPS) is 22.9. The predicted molar refractivity (Wildman–Crippen MR) is 113 cm³/mol. The van der Waals surface area contributed by atoms with Gasteiger partial charge in [-0.1, -0.05) is 18.2 Å². The lowest BCUT2D eigenvalue weighted by Gasteiger charge is -2.36. The van der Waals surface area contributed by atoms with Crippen LogP contribution in [0.1, 0.15) is 38.2 Å². The van der Waals surface area contributed by atoms with Gasteiger partial charge in [-0.3, -0.25) is 19.4 Å². The van der Waals surface area contributed by atoms with E-state index in [-0.39, 0.29) is 36.9 Å². The molecule has 0 aliphatic carbocycles. The number of likely N-dealkylation sites (tertiary alicyclic amines) is 1. The van der Waals surface area contributed by atoms with Gasteiger partial charge in [-0.15, -0.1) is 12.4 Å². The lowest BCUT2D eigenvalue weighted by Crippen LogP contribution is -2.47. The SMILES string of the molecule is CC1CCc2ccccc2N1C(=O)CN1CCCC(N(C)CC(=O)O)CC1.Cl. The average molecular weight is 410 g/mol. The summed E-state index contributed by atoms with van der Waals surface area (Å²) in [6.45, 7) is 4.38. The summed E-state index contributed by atoms with van der Waals surface area (Å²) >= 11 is 0. The van der Waals surface area contributed by atoms with Crippen molar-refractivity contribution in [3.8, 4) is 0 Å². The highest BCUT2D eigenvalue weighted by Crippen LogP contribution is 2.30. The zero-order valence-electron chi connectivity index (χ0n) is 16.8. The van der Waals surface area contributed by atoms with E-state index in [0.29, 0.717) is 6.54 Å². The van der Waals surface area contributed by atoms with Gasteiger partial charge >= 0.3 is 5.97 Å². The highest BCUT2D eigenvalue weighted by atomic mass is 35.5. The highest BCUT2D eigenvalue weighted by molar-refractivity contribution is 5.96. The Morgan fingerprint density at radius 1 is 1.18 bits per heavy atom. The van der Waals surface area contributed by atoms with Gasteiger partial charge in [-0.25, -0.2) is 0 Å². The number of carboxylic acids is 1. The first-order valence-corrected chi connectivity index (χ1v) is 10.00. The van der Waals surface area contributed by atoms with Crippen LogP contribution < -0.4 is 4.90 Å². The van der Waals surface area contributed by atoms with E-state index in [1.54, 1.807) is 0 Å². The van der Waals surface area contributed by atoms with Crippen LogP contribution in [0.3, 0.4) is 0 Å². The smallest absolute Gasteiger partial charge is 0.317 e. The standard InChI is InChI=1S/C21H31N3O3.ClH/c1-16-9-10-17-6-3-4-8-19(17)24(16)20(25)14-23-12-5-7-18(11-13-23)22(2)15-21(26)27;/h3-4,6,8,16,18H,5,7,9-15H2,1-2H3,(H,26,27);1H. The molecule has 1 saturated heterocycles. The number of likely N-dealkylation sites (N-methyl/N-ethyl adjacent to an activating group) is 1. The van der Waals surface area contributed by atoms with Crippen LogP contribution in [0.15, 0.2) is 24.3 Å². The molecule has 0 bridgehead atoms. The molecule has 28 heavy (non-hydrogen) atoms. The Morgan fingerprint density at radius 2 is 1.93 bits per heavy atom. The summed E-state index contributed by atoms with van der Waals surface area (Å²) in [4.78, 5) is 30.2. The predicted octanol–water partition coefficient (Wildman–Crippen LogP) is 2.65. The van der Waals surface area contributed by atoms with E-state index in [9.17, 15) is 9.59 Å². The van der Waals surface area contributed by atoms with Crippen molar-refractivity contribution in [3.63, 3.8) is 0 Å². The van der Waals surface area contributed by atoms with Gasteiger partial charge in [-0.2, -0.15) is 0 Å². The van der Waals surface area contributed by atoms with E-state index >= 15 is 0 Å². The van der Waals surface area contributed by atoms with Crippen LogP contribution in [-0.2, 0) is 16.0 Å².